The van der Waals surface area contributed by atoms with Crippen molar-refractivity contribution >= 4 is 29.8 Å². The molecule has 13 nitrogen and oxygen atoms in total. The van der Waals surface area contributed by atoms with Gasteiger partial charge in [-0.3, -0.25) is 19.2 Å². The number of nitrogens with one attached hydrogen (secondary N) is 3. The molecular formula is C41H60N4O9. The zero-order chi connectivity index (χ0) is 39.9. The highest BCUT2D eigenvalue weighted by Crippen LogP contribution is 2.20. The van der Waals surface area contributed by atoms with Crippen molar-refractivity contribution in [2.24, 2.45) is 0 Å². The fourth-order valence-corrected chi connectivity index (χ4v) is 5.78. The van der Waals surface area contributed by atoms with Gasteiger partial charge in [-0.05, 0) is 103 Å². The van der Waals surface area contributed by atoms with Crippen molar-refractivity contribution in [3.8, 4) is 5.75 Å². The van der Waals surface area contributed by atoms with Crippen molar-refractivity contribution in [3.05, 3.63) is 65.2 Å². The zero-order valence-electron chi connectivity index (χ0n) is 33.3. The lowest BCUT2D eigenvalue weighted by Gasteiger charge is -2.34. The third kappa shape index (κ3) is 16.6. The van der Waals surface area contributed by atoms with E-state index in [1.807, 2.05) is 76.2 Å². The Bertz CT molecular complexity index is 1550. The maximum atomic E-state index is 13.7. The minimum atomic E-state index is -0.938. The van der Waals surface area contributed by atoms with Gasteiger partial charge in [0.25, 0.3) is 0 Å². The van der Waals surface area contributed by atoms with Crippen molar-refractivity contribution < 1.29 is 42.9 Å². The van der Waals surface area contributed by atoms with Crippen LogP contribution in [0.25, 0.3) is 0 Å². The molecule has 0 saturated carbocycles. The van der Waals surface area contributed by atoms with Crippen LogP contribution in [0.15, 0.2) is 48.5 Å². The summed E-state index contributed by atoms with van der Waals surface area (Å²) in [6, 6.07) is 13.5. The Hall–Kier alpha value is -4.65. The minimum absolute atomic E-state index is 0.0851. The van der Waals surface area contributed by atoms with E-state index < -0.39 is 35.1 Å². The maximum Gasteiger partial charge on any atom is 0.410 e. The van der Waals surface area contributed by atoms with Crippen molar-refractivity contribution in [2.75, 3.05) is 26.3 Å². The molecule has 0 bridgehead atoms. The summed E-state index contributed by atoms with van der Waals surface area (Å²) in [6.07, 6.45) is 1.47. The molecule has 1 aliphatic heterocycles. The predicted molar refractivity (Wildman–Crippen MR) is 205 cm³/mol. The molecule has 1 fully saturated rings. The number of hydrogen-bond donors (Lipinski definition) is 3. The Morgan fingerprint density at radius 3 is 2.24 bits per heavy atom. The molecule has 1 unspecified atom stereocenters. The van der Waals surface area contributed by atoms with Crippen LogP contribution in [0.1, 0.15) is 97.3 Å². The number of ether oxygens (including phenoxy) is 4. The predicted octanol–water partition coefficient (Wildman–Crippen LogP) is 5.15. The van der Waals surface area contributed by atoms with E-state index in [1.165, 1.54) is 6.92 Å². The molecule has 0 aromatic heterocycles. The van der Waals surface area contributed by atoms with Crippen LogP contribution in [-0.4, -0.2) is 90.4 Å². The number of morpholine rings is 1. The normalized spacial score (nSPS) is 15.7. The monoisotopic (exact) mass is 752 g/mol. The number of hydrogen-bond acceptors (Lipinski definition) is 9. The fraction of sp³-hybridized carbons (Fsp3) is 0.585. The van der Waals surface area contributed by atoms with Gasteiger partial charge in [-0.2, -0.15) is 0 Å². The van der Waals surface area contributed by atoms with Crippen molar-refractivity contribution in [1.82, 2.24) is 20.9 Å². The standard InChI is InChI=1S/C41H60N4O9/c1-28-17-19-32(51-23-21-33-27-45(22-24-52-33)39(50)54-41(6,7)8)25-31(28)26-42-37(48)35(20-18-30-13-10-9-11-14-30)44-38(49)34(43-29(2)46)15-12-16-36(47)53-40(3,4)5/h9-11,13-14,17,19,25,33-35H,12,15-16,18,20-24,26-27H2,1-8H3,(H,42,48)(H,43,46)(H,44,49)/t33?,34-,35-/m0/s1. The SMILES string of the molecule is CC(=O)N[C@@H](CCCC(=O)OC(C)(C)C)C(=O)N[C@@H](CCc1ccccc1)C(=O)NCc1cc(OCCC2CN(C(=O)OC(C)(C)C)CCO2)ccc1C. The van der Waals surface area contributed by atoms with E-state index in [1.54, 1.807) is 25.7 Å². The van der Waals surface area contributed by atoms with Crippen LogP contribution < -0.4 is 20.7 Å². The average molecular weight is 753 g/mol. The molecule has 3 atom stereocenters. The topological polar surface area (TPSA) is 162 Å². The van der Waals surface area contributed by atoms with Gasteiger partial charge in [0.15, 0.2) is 0 Å². The van der Waals surface area contributed by atoms with Gasteiger partial charge in [0.1, 0.15) is 29.0 Å². The molecule has 3 rings (SSSR count). The molecule has 2 aromatic rings. The van der Waals surface area contributed by atoms with E-state index in [2.05, 4.69) is 16.0 Å². The second kappa shape index (κ2) is 20.7. The molecule has 0 radical (unpaired) electrons. The van der Waals surface area contributed by atoms with Crippen molar-refractivity contribution in [2.45, 2.75) is 130 Å². The number of rotatable bonds is 17. The molecule has 4 amide bonds. The van der Waals surface area contributed by atoms with E-state index in [0.717, 1.165) is 16.7 Å². The number of carbonyl (C=O) groups excluding carboxylic acids is 5. The van der Waals surface area contributed by atoms with Gasteiger partial charge in [0.2, 0.25) is 17.7 Å². The number of amides is 4. The fourth-order valence-electron chi connectivity index (χ4n) is 5.78. The molecule has 2 aromatic carbocycles. The highest BCUT2D eigenvalue weighted by molar-refractivity contribution is 5.91. The number of nitrogens with zero attached hydrogens (tertiary/aromatic N) is 1. The molecular weight excluding hydrogens is 692 g/mol. The van der Waals surface area contributed by atoms with E-state index in [9.17, 15) is 24.0 Å². The van der Waals surface area contributed by atoms with Gasteiger partial charge in [0.05, 0.1) is 25.9 Å². The Labute approximate surface area is 320 Å². The van der Waals surface area contributed by atoms with Crippen LogP contribution in [0.4, 0.5) is 4.79 Å². The largest absolute Gasteiger partial charge is 0.493 e. The van der Waals surface area contributed by atoms with Crippen LogP contribution in [0.2, 0.25) is 0 Å². The smallest absolute Gasteiger partial charge is 0.410 e. The van der Waals surface area contributed by atoms with E-state index >= 15 is 0 Å². The summed E-state index contributed by atoms with van der Waals surface area (Å²) in [5, 5.41) is 8.51. The van der Waals surface area contributed by atoms with E-state index in [0.29, 0.717) is 57.7 Å². The zero-order valence-corrected chi connectivity index (χ0v) is 33.3. The summed E-state index contributed by atoms with van der Waals surface area (Å²) >= 11 is 0. The average Bonchev–Trinajstić information content (AvgIpc) is 3.08. The number of esters is 1. The van der Waals surface area contributed by atoms with Gasteiger partial charge in [-0.25, -0.2) is 4.79 Å². The third-order valence-corrected chi connectivity index (χ3v) is 8.46. The van der Waals surface area contributed by atoms with Gasteiger partial charge < -0.3 is 39.8 Å². The second-order valence-electron chi connectivity index (χ2n) is 15.7. The summed E-state index contributed by atoms with van der Waals surface area (Å²) in [5.41, 5.74) is 1.60. The molecule has 0 aliphatic carbocycles. The summed E-state index contributed by atoms with van der Waals surface area (Å²) in [5.74, 6) is -1.04. The first-order valence-electron chi connectivity index (χ1n) is 18.8. The third-order valence-electron chi connectivity index (χ3n) is 8.46. The molecule has 13 heteroatoms. The lowest BCUT2D eigenvalue weighted by atomic mass is 10.0. The first-order valence-corrected chi connectivity index (χ1v) is 18.8. The number of benzene rings is 2. The van der Waals surface area contributed by atoms with Crippen LogP contribution in [-0.2, 0) is 46.4 Å². The van der Waals surface area contributed by atoms with E-state index in [4.69, 9.17) is 18.9 Å². The van der Waals surface area contributed by atoms with Crippen molar-refractivity contribution in [1.29, 1.82) is 0 Å². The summed E-state index contributed by atoms with van der Waals surface area (Å²) in [4.78, 5) is 65.7. The summed E-state index contributed by atoms with van der Waals surface area (Å²) in [6.45, 7) is 16.0. The van der Waals surface area contributed by atoms with Crippen LogP contribution in [0.5, 0.6) is 5.75 Å². The molecule has 0 spiro atoms. The molecule has 1 heterocycles. The van der Waals surface area contributed by atoms with Gasteiger partial charge in [0, 0.05) is 32.9 Å². The van der Waals surface area contributed by atoms with Crippen LogP contribution in [0, 0.1) is 6.92 Å². The van der Waals surface area contributed by atoms with Crippen LogP contribution in [0.3, 0.4) is 0 Å². The Morgan fingerprint density at radius 1 is 0.889 bits per heavy atom. The maximum absolute atomic E-state index is 13.7. The summed E-state index contributed by atoms with van der Waals surface area (Å²) < 4.78 is 22.8. The molecule has 1 saturated heterocycles. The Morgan fingerprint density at radius 2 is 1.57 bits per heavy atom. The summed E-state index contributed by atoms with van der Waals surface area (Å²) in [7, 11) is 0. The first-order chi connectivity index (χ1) is 25.4. The van der Waals surface area contributed by atoms with Crippen molar-refractivity contribution in [3.63, 3.8) is 0 Å². The minimum Gasteiger partial charge on any atom is -0.493 e. The number of aryl methyl sites for hydroxylation is 2. The quantitative estimate of drug-likeness (QED) is 0.186. The highest BCUT2D eigenvalue weighted by atomic mass is 16.6. The Kier molecular flexibility index (Phi) is 16.8. The lowest BCUT2D eigenvalue weighted by Crippen LogP contribution is -2.53. The molecule has 298 valence electrons. The first kappa shape index (κ1) is 43.8. The van der Waals surface area contributed by atoms with E-state index in [-0.39, 0.29) is 43.5 Å². The van der Waals surface area contributed by atoms with Gasteiger partial charge in [-0.1, -0.05) is 36.4 Å². The molecule has 1 aliphatic rings. The highest BCUT2D eigenvalue weighted by Gasteiger charge is 2.29. The Balaban J connectivity index is 1.61. The van der Waals surface area contributed by atoms with Gasteiger partial charge in [-0.15, -0.1) is 0 Å². The molecule has 3 N–H and O–H groups in total. The van der Waals surface area contributed by atoms with Gasteiger partial charge >= 0.3 is 12.1 Å². The lowest BCUT2D eigenvalue weighted by molar-refractivity contribution is -0.155. The van der Waals surface area contributed by atoms with Crippen LogP contribution >= 0.6 is 0 Å². The number of carbonyl (C=O) groups is 5. The second-order valence-corrected chi connectivity index (χ2v) is 15.7. The molecule has 54 heavy (non-hydrogen) atoms.